The van der Waals surface area contributed by atoms with Crippen molar-refractivity contribution < 1.29 is 80.2 Å². The topological polar surface area (TPSA) is 237 Å². The van der Waals surface area contributed by atoms with Gasteiger partial charge in [0, 0.05) is 25.7 Å². The molecule has 0 aromatic rings. The van der Waals surface area contributed by atoms with E-state index in [0.29, 0.717) is 32.1 Å². The molecule has 0 fully saturated rings. The van der Waals surface area contributed by atoms with E-state index in [1.165, 1.54) is 19.3 Å². The highest BCUT2D eigenvalue weighted by molar-refractivity contribution is 7.47. The fourth-order valence-electron chi connectivity index (χ4n) is 9.87. The third-order valence-electron chi connectivity index (χ3n) is 15.9. The molecule has 0 aliphatic carbocycles. The quantitative estimate of drug-likeness (QED) is 0.0169. The van der Waals surface area contributed by atoms with Gasteiger partial charge < -0.3 is 33.8 Å². The first kappa shape index (κ1) is 100. The second kappa shape index (κ2) is 77.3. The number of aliphatic hydroxyl groups excluding tert-OH is 1. The Morgan fingerprint density at radius 2 is 0.509 bits per heavy atom. The van der Waals surface area contributed by atoms with Crippen LogP contribution in [0.4, 0.5) is 0 Å². The van der Waals surface area contributed by atoms with E-state index in [0.717, 1.165) is 180 Å². The van der Waals surface area contributed by atoms with Crippen LogP contribution >= 0.6 is 15.6 Å². The van der Waals surface area contributed by atoms with Gasteiger partial charge in [0.15, 0.2) is 12.2 Å². The standard InChI is InChI=1S/C87H140O17P2/c1-5-9-13-17-21-25-29-33-37-39-40-42-46-48-52-56-60-64-68-72-85(90)98-78-83(104-87(92)74-70-66-62-58-54-50-44-36-32-28-24-20-16-12-8-4)80-102-106(95,96)100-76-81(88)75-99-105(93,94)101-79-82(103-86(91)73-69-65-61-57-53-49-43-35-31-27-23-19-15-11-7-3)77-97-84(89)71-67-63-59-55-51-47-45-41-38-34-30-26-22-18-14-10-6-2/h9-11,13-15,21-28,33-38,40,42-45,47-48,52,60,64,81-83,88H,5-8,12,16-20,29-32,39,41,46,49-51,53-59,61-63,65-80H2,1-4H3,(H,93,94)(H,95,96)/b13-9-,14-10-,15-11-,25-21-,26-22-,27-23-,28-24-,37-33-,38-34-,42-40-,43-35-,44-36-,47-45-,52-48-,64-60-. The van der Waals surface area contributed by atoms with Gasteiger partial charge in [-0.15, -0.1) is 0 Å². The lowest BCUT2D eigenvalue weighted by Gasteiger charge is -2.21. The largest absolute Gasteiger partial charge is 0.472 e. The van der Waals surface area contributed by atoms with Crippen LogP contribution in [0.1, 0.15) is 285 Å². The highest BCUT2D eigenvalue weighted by Crippen LogP contribution is 2.45. The van der Waals surface area contributed by atoms with Gasteiger partial charge in [-0.1, -0.05) is 274 Å². The van der Waals surface area contributed by atoms with Crippen molar-refractivity contribution in [3.8, 4) is 0 Å². The third-order valence-corrected chi connectivity index (χ3v) is 17.8. The Bertz CT molecular complexity index is 2730. The molecule has 0 amide bonds. The summed E-state index contributed by atoms with van der Waals surface area (Å²) in [6, 6.07) is 0. The van der Waals surface area contributed by atoms with E-state index in [1.54, 1.807) is 0 Å². The Morgan fingerprint density at radius 1 is 0.274 bits per heavy atom. The van der Waals surface area contributed by atoms with Gasteiger partial charge in [-0.2, -0.15) is 0 Å². The molecule has 3 N–H and O–H groups in total. The fraction of sp³-hybridized carbons (Fsp3) is 0.609. The van der Waals surface area contributed by atoms with Gasteiger partial charge in [0.05, 0.1) is 26.4 Å². The van der Waals surface area contributed by atoms with Crippen LogP contribution in [0, 0.1) is 0 Å². The highest BCUT2D eigenvalue weighted by atomic mass is 31.2. The van der Waals surface area contributed by atoms with Crippen molar-refractivity contribution >= 4 is 39.5 Å². The molecule has 19 heteroatoms. The van der Waals surface area contributed by atoms with Crippen molar-refractivity contribution in [3.05, 3.63) is 182 Å². The van der Waals surface area contributed by atoms with Crippen LogP contribution in [0.15, 0.2) is 182 Å². The number of allylic oxidation sites excluding steroid dienone is 30. The number of unbranched alkanes of at least 4 members (excludes halogenated alkanes) is 17. The summed E-state index contributed by atoms with van der Waals surface area (Å²) >= 11 is 0. The highest BCUT2D eigenvalue weighted by Gasteiger charge is 2.30. The van der Waals surface area contributed by atoms with Gasteiger partial charge in [-0.25, -0.2) is 9.13 Å². The maximum absolute atomic E-state index is 13.1. The van der Waals surface area contributed by atoms with E-state index in [4.69, 9.17) is 37.0 Å². The van der Waals surface area contributed by atoms with Crippen molar-refractivity contribution in [2.45, 2.75) is 303 Å². The summed E-state index contributed by atoms with van der Waals surface area (Å²) in [5.74, 6) is -2.35. The molecule has 17 nitrogen and oxygen atoms in total. The molecule has 0 aliphatic heterocycles. The lowest BCUT2D eigenvalue weighted by molar-refractivity contribution is -0.161. The predicted molar refractivity (Wildman–Crippen MR) is 436 cm³/mol. The van der Waals surface area contributed by atoms with E-state index >= 15 is 0 Å². The molecule has 0 aromatic carbocycles. The van der Waals surface area contributed by atoms with Crippen molar-refractivity contribution in [3.63, 3.8) is 0 Å². The number of hydrogen-bond donors (Lipinski definition) is 3. The number of carbonyl (C=O) groups excluding carboxylic acids is 4. The van der Waals surface area contributed by atoms with Gasteiger partial charge in [-0.05, 0) is 167 Å². The summed E-state index contributed by atoms with van der Waals surface area (Å²) < 4.78 is 68.5. The SMILES string of the molecule is CC/C=C\C/C=C\C/C=C\C/C=C\C/C=C\C/C=C\CCC(=O)OCC(COP(=O)(O)OCC(O)COP(=O)(O)OCC(COC(=O)CCCCCC/C=C\C/C=C\C/C=C\C/C=C\CC)OC(=O)CCCCCCC/C=C\C/C=C\C/C=C\CC)OC(=O)CCCCCCC/C=C\C/C=C\CCCCC. The Kier molecular flexibility index (Phi) is 73.1. The van der Waals surface area contributed by atoms with Crippen LogP contribution in [0.3, 0.4) is 0 Å². The van der Waals surface area contributed by atoms with E-state index in [2.05, 4.69) is 192 Å². The first-order chi connectivity index (χ1) is 51.7. The molecule has 0 rings (SSSR count). The van der Waals surface area contributed by atoms with Crippen LogP contribution in [0.25, 0.3) is 0 Å². The maximum Gasteiger partial charge on any atom is 0.472 e. The second-order valence-corrected chi connectivity index (χ2v) is 28.8. The fourth-order valence-corrected chi connectivity index (χ4v) is 11.4. The summed E-state index contributed by atoms with van der Waals surface area (Å²) in [6.07, 6.45) is 93.1. The molecule has 5 unspecified atom stereocenters. The monoisotopic (exact) mass is 1520 g/mol. The van der Waals surface area contributed by atoms with Gasteiger partial charge in [0.1, 0.15) is 19.3 Å². The van der Waals surface area contributed by atoms with Crippen molar-refractivity contribution in [1.82, 2.24) is 0 Å². The Labute approximate surface area is 641 Å². The average molecular weight is 1520 g/mol. The zero-order valence-corrected chi connectivity index (χ0v) is 67.3. The van der Waals surface area contributed by atoms with Crippen molar-refractivity contribution in [1.29, 1.82) is 0 Å². The van der Waals surface area contributed by atoms with Crippen LogP contribution < -0.4 is 0 Å². The van der Waals surface area contributed by atoms with Crippen LogP contribution in [0.2, 0.25) is 0 Å². The van der Waals surface area contributed by atoms with E-state index < -0.39 is 97.5 Å². The zero-order valence-electron chi connectivity index (χ0n) is 65.5. The zero-order chi connectivity index (χ0) is 77.4. The van der Waals surface area contributed by atoms with Crippen LogP contribution in [-0.4, -0.2) is 96.7 Å². The molecule has 0 radical (unpaired) electrons. The number of ether oxygens (including phenoxy) is 4. The minimum absolute atomic E-state index is 0.0262. The van der Waals surface area contributed by atoms with E-state index in [9.17, 15) is 43.2 Å². The number of phosphoric acid groups is 2. The number of esters is 4. The predicted octanol–water partition coefficient (Wildman–Crippen LogP) is 23.6. The Morgan fingerprint density at radius 3 is 0.811 bits per heavy atom. The summed E-state index contributed by atoms with van der Waals surface area (Å²) in [7, 11) is -10.0. The minimum atomic E-state index is -5.01. The molecular formula is C87H140O17P2. The normalized spacial score (nSPS) is 14.8. The van der Waals surface area contributed by atoms with Gasteiger partial charge in [-0.3, -0.25) is 37.3 Å². The van der Waals surface area contributed by atoms with Crippen molar-refractivity contribution in [2.75, 3.05) is 39.6 Å². The van der Waals surface area contributed by atoms with Gasteiger partial charge in [0.2, 0.25) is 0 Å². The molecule has 0 aliphatic rings. The molecule has 0 aromatic heterocycles. The third kappa shape index (κ3) is 76.4. The maximum atomic E-state index is 13.1. The lowest BCUT2D eigenvalue weighted by atomic mass is 10.1. The summed E-state index contributed by atoms with van der Waals surface area (Å²) in [6.45, 7) is 4.34. The van der Waals surface area contributed by atoms with Crippen LogP contribution in [-0.2, 0) is 65.4 Å². The van der Waals surface area contributed by atoms with E-state index in [1.807, 2.05) is 18.2 Å². The van der Waals surface area contributed by atoms with Gasteiger partial charge in [0.25, 0.3) is 0 Å². The average Bonchev–Trinajstić information content (AvgIpc) is 0.909. The lowest BCUT2D eigenvalue weighted by Crippen LogP contribution is -2.30. The molecule has 5 atom stereocenters. The van der Waals surface area contributed by atoms with Crippen LogP contribution in [0.5, 0.6) is 0 Å². The van der Waals surface area contributed by atoms with Gasteiger partial charge >= 0.3 is 39.5 Å². The first-order valence-corrected chi connectivity index (χ1v) is 43.0. The molecule has 0 bridgehead atoms. The summed E-state index contributed by atoms with van der Waals surface area (Å²) in [5.41, 5.74) is 0. The summed E-state index contributed by atoms with van der Waals surface area (Å²) in [4.78, 5) is 73.0. The molecule has 106 heavy (non-hydrogen) atoms. The first-order valence-electron chi connectivity index (χ1n) is 40.0. The Hall–Kier alpha value is -5.84. The number of hydrogen-bond acceptors (Lipinski definition) is 15. The molecule has 0 heterocycles. The number of carbonyl (C=O) groups is 4. The number of phosphoric ester groups is 2. The number of aliphatic hydroxyl groups is 1. The molecule has 0 spiro atoms. The number of rotatable bonds is 73. The summed E-state index contributed by atoms with van der Waals surface area (Å²) in [5, 5.41) is 10.6. The van der Waals surface area contributed by atoms with Crippen molar-refractivity contribution in [2.24, 2.45) is 0 Å². The molecule has 0 saturated carbocycles. The molecular weight excluding hydrogens is 1380 g/mol. The second-order valence-electron chi connectivity index (χ2n) is 25.9. The smallest absolute Gasteiger partial charge is 0.462 e. The molecule has 0 saturated heterocycles. The molecule has 600 valence electrons. The minimum Gasteiger partial charge on any atom is -0.462 e. The Balaban J connectivity index is 5.49. The van der Waals surface area contributed by atoms with E-state index in [-0.39, 0.29) is 25.7 Å².